The van der Waals surface area contributed by atoms with Gasteiger partial charge in [-0.2, -0.15) is 0 Å². The van der Waals surface area contributed by atoms with Gasteiger partial charge in [0.2, 0.25) is 0 Å². The number of carbonyl (C=O) groups is 1. The van der Waals surface area contributed by atoms with Crippen LogP contribution in [0.15, 0.2) is 36.4 Å². The van der Waals surface area contributed by atoms with Crippen LogP contribution >= 0.6 is 11.6 Å². The lowest BCUT2D eigenvalue weighted by Crippen LogP contribution is -2.12. The summed E-state index contributed by atoms with van der Waals surface area (Å²) >= 11 is 5.82. The molecule has 0 atom stereocenters. The lowest BCUT2D eigenvalue weighted by atomic mass is 10.2. The second-order valence-electron chi connectivity index (χ2n) is 4.13. The lowest BCUT2D eigenvalue weighted by molar-refractivity contribution is 0.102. The van der Waals surface area contributed by atoms with Crippen molar-refractivity contribution in [2.45, 2.75) is 13.5 Å². The maximum Gasteiger partial charge on any atom is 0.255 e. The molecule has 0 saturated carbocycles. The average Bonchev–Trinajstić information content (AvgIpc) is 2.37. The molecule has 0 saturated heterocycles. The van der Waals surface area contributed by atoms with Crippen molar-refractivity contribution in [2.75, 3.05) is 5.32 Å². The van der Waals surface area contributed by atoms with Gasteiger partial charge in [0, 0.05) is 16.9 Å². The van der Waals surface area contributed by atoms with E-state index in [1.165, 1.54) is 6.07 Å². The van der Waals surface area contributed by atoms with E-state index in [0.717, 1.165) is 5.56 Å². The van der Waals surface area contributed by atoms with Gasteiger partial charge >= 0.3 is 0 Å². The second-order valence-corrected chi connectivity index (χ2v) is 4.52. The molecule has 2 N–H and O–H groups in total. The molecule has 0 radical (unpaired) electrons. The van der Waals surface area contributed by atoms with Crippen molar-refractivity contribution < 1.29 is 9.90 Å². The molecule has 4 nitrogen and oxygen atoms in total. The van der Waals surface area contributed by atoms with Crippen molar-refractivity contribution in [1.82, 2.24) is 4.98 Å². The SMILES string of the molecule is Cc1cc(C(=O)Nc2cccc(CO)c2)cc(Cl)n1. The largest absolute Gasteiger partial charge is 0.392 e. The van der Waals surface area contributed by atoms with Gasteiger partial charge in [-0.05, 0) is 36.8 Å². The first kappa shape index (κ1) is 13.5. The highest BCUT2D eigenvalue weighted by Crippen LogP contribution is 2.15. The predicted molar refractivity (Wildman–Crippen MR) is 74.3 cm³/mol. The van der Waals surface area contributed by atoms with Gasteiger partial charge in [0.05, 0.1) is 6.61 Å². The van der Waals surface area contributed by atoms with Crippen LogP contribution in [0.5, 0.6) is 0 Å². The van der Waals surface area contributed by atoms with Crippen LogP contribution in [0.2, 0.25) is 5.15 Å². The average molecular weight is 277 g/mol. The van der Waals surface area contributed by atoms with Gasteiger partial charge in [0.1, 0.15) is 5.15 Å². The van der Waals surface area contributed by atoms with Crippen LogP contribution in [-0.2, 0) is 6.61 Å². The predicted octanol–water partition coefficient (Wildman–Crippen LogP) is 2.79. The van der Waals surface area contributed by atoms with Crippen LogP contribution in [0.4, 0.5) is 5.69 Å². The molecule has 0 fully saturated rings. The quantitative estimate of drug-likeness (QED) is 0.848. The Kier molecular flexibility index (Phi) is 4.14. The van der Waals surface area contributed by atoms with E-state index in [2.05, 4.69) is 10.3 Å². The molecular weight excluding hydrogens is 264 g/mol. The molecule has 2 aromatic rings. The number of benzene rings is 1. The number of nitrogens with zero attached hydrogens (tertiary/aromatic N) is 1. The fourth-order valence-corrected chi connectivity index (χ4v) is 1.96. The molecule has 0 aliphatic rings. The number of amides is 1. The standard InChI is InChI=1S/C14H13ClN2O2/c1-9-5-11(7-13(15)16-9)14(19)17-12-4-2-3-10(6-12)8-18/h2-7,18H,8H2,1H3,(H,17,19). The maximum atomic E-state index is 12.1. The number of aryl methyl sites for hydroxylation is 1. The summed E-state index contributed by atoms with van der Waals surface area (Å²) in [6, 6.07) is 10.2. The molecular formula is C14H13ClN2O2. The van der Waals surface area contributed by atoms with Crippen LogP contribution in [0.1, 0.15) is 21.6 Å². The van der Waals surface area contributed by atoms with Gasteiger partial charge in [-0.25, -0.2) is 4.98 Å². The first-order valence-electron chi connectivity index (χ1n) is 5.74. The highest BCUT2D eigenvalue weighted by atomic mass is 35.5. The topological polar surface area (TPSA) is 62.2 Å². The van der Waals surface area contributed by atoms with Crippen LogP contribution < -0.4 is 5.32 Å². The molecule has 1 aromatic carbocycles. The Bertz CT molecular complexity index is 594. The fraction of sp³-hybridized carbons (Fsp3) is 0.143. The highest BCUT2D eigenvalue weighted by Gasteiger charge is 2.08. The monoisotopic (exact) mass is 276 g/mol. The van der Waals surface area contributed by atoms with E-state index in [9.17, 15) is 4.79 Å². The van der Waals surface area contributed by atoms with Crippen molar-refractivity contribution in [1.29, 1.82) is 0 Å². The molecule has 0 spiro atoms. The third kappa shape index (κ3) is 3.53. The Hall–Kier alpha value is -1.91. The minimum Gasteiger partial charge on any atom is -0.392 e. The summed E-state index contributed by atoms with van der Waals surface area (Å²) < 4.78 is 0. The van der Waals surface area contributed by atoms with E-state index < -0.39 is 0 Å². The number of anilines is 1. The van der Waals surface area contributed by atoms with Crippen LogP contribution in [0.25, 0.3) is 0 Å². The summed E-state index contributed by atoms with van der Waals surface area (Å²) in [5.74, 6) is -0.262. The second kappa shape index (κ2) is 5.82. The fourth-order valence-electron chi connectivity index (χ4n) is 1.71. The molecule has 0 bridgehead atoms. The third-order valence-electron chi connectivity index (χ3n) is 2.55. The Morgan fingerprint density at radius 2 is 2.16 bits per heavy atom. The molecule has 5 heteroatoms. The smallest absolute Gasteiger partial charge is 0.255 e. The summed E-state index contributed by atoms with van der Waals surface area (Å²) in [6.07, 6.45) is 0. The van der Waals surface area contributed by atoms with Crippen molar-refractivity contribution in [3.63, 3.8) is 0 Å². The Balaban J connectivity index is 2.20. The summed E-state index contributed by atoms with van der Waals surface area (Å²) in [6.45, 7) is 1.71. The van der Waals surface area contributed by atoms with Gasteiger partial charge in [0.15, 0.2) is 0 Å². The van der Waals surface area contributed by atoms with E-state index in [1.54, 1.807) is 37.3 Å². The first-order chi connectivity index (χ1) is 9.08. The van der Waals surface area contributed by atoms with Crippen molar-refractivity contribution in [2.24, 2.45) is 0 Å². The Labute approximate surface area is 116 Å². The van der Waals surface area contributed by atoms with Gasteiger partial charge < -0.3 is 10.4 Å². The number of nitrogens with one attached hydrogen (secondary N) is 1. The van der Waals surface area contributed by atoms with Gasteiger partial charge in [-0.3, -0.25) is 4.79 Å². The number of rotatable bonds is 3. The number of aromatic nitrogens is 1. The molecule has 1 aromatic heterocycles. The normalized spacial score (nSPS) is 10.3. The molecule has 0 unspecified atom stereocenters. The summed E-state index contributed by atoms with van der Waals surface area (Å²) in [4.78, 5) is 16.1. The molecule has 1 heterocycles. The highest BCUT2D eigenvalue weighted by molar-refractivity contribution is 6.29. The number of aliphatic hydroxyl groups is 1. The van der Waals surface area contributed by atoms with E-state index in [-0.39, 0.29) is 17.7 Å². The Morgan fingerprint density at radius 3 is 2.84 bits per heavy atom. The van der Waals surface area contributed by atoms with Gasteiger partial charge in [0.25, 0.3) is 5.91 Å². The summed E-state index contributed by atoms with van der Waals surface area (Å²) in [5.41, 5.74) is 2.50. The lowest BCUT2D eigenvalue weighted by Gasteiger charge is -2.07. The van der Waals surface area contributed by atoms with Gasteiger partial charge in [-0.15, -0.1) is 0 Å². The number of halogens is 1. The van der Waals surface area contributed by atoms with E-state index in [4.69, 9.17) is 16.7 Å². The van der Waals surface area contributed by atoms with Crippen LogP contribution in [-0.4, -0.2) is 16.0 Å². The molecule has 1 amide bonds. The van der Waals surface area contributed by atoms with Crippen LogP contribution in [0.3, 0.4) is 0 Å². The first-order valence-corrected chi connectivity index (χ1v) is 6.11. The maximum absolute atomic E-state index is 12.1. The minimum atomic E-state index is -0.262. The molecule has 2 rings (SSSR count). The zero-order valence-electron chi connectivity index (χ0n) is 10.4. The molecule has 0 aliphatic carbocycles. The van der Waals surface area contributed by atoms with Gasteiger partial charge in [-0.1, -0.05) is 23.7 Å². The zero-order valence-corrected chi connectivity index (χ0v) is 11.1. The molecule has 0 aliphatic heterocycles. The summed E-state index contributed by atoms with van der Waals surface area (Å²) in [5, 5.41) is 12.1. The zero-order chi connectivity index (χ0) is 13.8. The van der Waals surface area contributed by atoms with Crippen LogP contribution in [0, 0.1) is 6.92 Å². The van der Waals surface area contributed by atoms with Crippen molar-refractivity contribution in [3.8, 4) is 0 Å². The number of hydrogen-bond donors (Lipinski definition) is 2. The molecule has 98 valence electrons. The van der Waals surface area contributed by atoms with E-state index in [0.29, 0.717) is 16.9 Å². The minimum absolute atomic E-state index is 0.0656. The third-order valence-corrected chi connectivity index (χ3v) is 2.75. The molecule has 19 heavy (non-hydrogen) atoms. The number of hydrogen-bond acceptors (Lipinski definition) is 3. The van der Waals surface area contributed by atoms with E-state index in [1.807, 2.05) is 0 Å². The number of carbonyl (C=O) groups excluding carboxylic acids is 1. The van der Waals surface area contributed by atoms with Crippen molar-refractivity contribution >= 4 is 23.2 Å². The number of aliphatic hydroxyl groups excluding tert-OH is 1. The summed E-state index contributed by atoms with van der Waals surface area (Å²) in [7, 11) is 0. The number of pyridine rings is 1. The Morgan fingerprint density at radius 1 is 1.37 bits per heavy atom. The van der Waals surface area contributed by atoms with Crippen molar-refractivity contribution in [3.05, 3.63) is 58.4 Å². The van der Waals surface area contributed by atoms with E-state index >= 15 is 0 Å².